The highest BCUT2D eigenvalue weighted by Crippen LogP contribution is 2.16. The summed E-state index contributed by atoms with van der Waals surface area (Å²) in [4.78, 5) is 12.3. The molecule has 3 nitrogen and oxygen atoms in total. The minimum atomic E-state index is -0.270. The molecular weight excluding hydrogens is 292 g/mol. The second-order valence-electron chi connectivity index (χ2n) is 4.08. The maximum atomic E-state index is 12.3. The van der Waals surface area contributed by atoms with E-state index in [2.05, 4.69) is 15.9 Å². The topological polar surface area (TPSA) is 45.8 Å². The van der Waals surface area contributed by atoms with Gasteiger partial charge >= 0.3 is 0 Å². The third kappa shape index (κ3) is 2.09. The molecule has 0 saturated carbocycles. The zero-order valence-corrected chi connectivity index (χ0v) is 11.7. The second kappa shape index (κ2) is 4.79. The quantitative estimate of drug-likeness (QED) is 0.812. The lowest BCUT2D eigenvalue weighted by atomic mass is 10.1. The van der Waals surface area contributed by atoms with Crippen molar-refractivity contribution in [2.24, 2.45) is 0 Å². The Labute approximate surface area is 113 Å². The largest absolute Gasteiger partial charge is 0.280 e. The van der Waals surface area contributed by atoms with Crippen LogP contribution in [0.4, 0.5) is 0 Å². The minimum absolute atomic E-state index is 0.195. The highest BCUT2D eigenvalue weighted by molar-refractivity contribution is 9.10. The molecule has 2 aromatic rings. The standard InChI is InChI=1S/C14H11BrN2O/c1-9-6-10(2)17(14(18)13(9)8-16)12-5-3-4-11(15)7-12/h3-7H,1-2H3. The van der Waals surface area contributed by atoms with Crippen LogP contribution in [-0.4, -0.2) is 4.57 Å². The molecule has 0 saturated heterocycles. The lowest BCUT2D eigenvalue weighted by Crippen LogP contribution is -2.24. The van der Waals surface area contributed by atoms with Crippen molar-refractivity contribution in [1.29, 1.82) is 5.26 Å². The van der Waals surface area contributed by atoms with Crippen molar-refractivity contribution in [2.45, 2.75) is 13.8 Å². The van der Waals surface area contributed by atoms with Gasteiger partial charge in [0.1, 0.15) is 11.6 Å². The number of benzene rings is 1. The van der Waals surface area contributed by atoms with Gasteiger partial charge in [0.05, 0.1) is 5.69 Å². The number of nitrogens with zero attached hydrogens (tertiary/aromatic N) is 2. The maximum absolute atomic E-state index is 12.3. The van der Waals surface area contributed by atoms with E-state index in [1.165, 1.54) is 0 Å². The molecule has 0 amide bonds. The van der Waals surface area contributed by atoms with E-state index < -0.39 is 0 Å². The van der Waals surface area contributed by atoms with Gasteiger partial charge in [0.2, 0.25) is 0 Å². The molecule has 0 fully saturated rings. The summed E-state index contributed by atoms with van der Waals surface area (Å²) in [6.45, 7) is 3.63. The normalized spacial score (nSPS) is 10.1. The van der Waals surface area contributed by atoms with Gasteiger partial charge in [-0.15, -0.1) is 0 Å². The van der Waals surface area contributed by atoms with Crippen LogP contribution in [-0.2, 0) is 0 Å². The summed E-state index contributed by atoms with van der Waals surface area (Å²) in [7, 11) is 0. The van der Waals surface area contributed by atoms with Crippen LogP contribution in [0.1, 0.15) is 16.8 Å². The first-order valence-electron chi connectivity index (χ1n) is 5.44. The molecule has 0 aliphatic heterocycles. The van der Waals surface area contributed by atoms with Crippen LogP contribution in [0.2, 0.25) is 0 Å². The number of rotatable bonds is 1. The van der Waals surface area contributed by atoms with Crippen molar-refractivity contribution < 1.29 is 0 Å². The number of halogens is 1. The number of nitriles is 1. The molecule has 2 rings (SSSR count). The Hall–Kier alpha value is -1.86. The monoisotopic (exact) mass is 302 g/mol. The van der Waals surface area contributed by atoms with E-state index in [1.54, 1.807) is 11.5 Å². The predicted octanol–water partition coefficient (Wildman–Crippen LogP) is 3.09. The molecule has 90 valence electrons. The molecule has 0 atom stereocenters. The van der Waals surface area contributed by atoms with E-state index >= 15 is 0 Å². The van der Waals surface area contributed by atoms with Crippen molar-refractivity contribution in [3.05, 3.63) is 62.0 Å². The first-order valence-corrected chi connectivity index (χ1v) is 6.23. The summed E-state index contributed by atoms with van der Waals surface area (Å²) in [5, 5.41) is 9.04. The fourth-order valence-electron chi connectivity index (χ4n) is 1.96. The molecular formula is C14H11BrN2O. The zero-order chi connectivity index (χ0) is 13.3. The van der Waals surface area contributed by atoms with Crippen molar-refractivity contribution in [3.8, 4) is 11.8 Å². The molecule has 1 heterocycles. The zero-order valence-electron chi connectivity index (χ0n) is 10.1. The summed E-state index contributed by atoms with van der Waals surface area (Å²) in [6.07, 6.45) is 0. The first-order chi connectivity index (χ1) is 8.54. The Balaban J connectivity index is 2.81. The van der Waals surface area contributed by atoms with Crippen LogP contribution in [0.25, 0.3) is 5.69 Å². The van der Waals surface area contributed by atoms with Gasteiger partial charge in [-0.05, 0) is 43.7 Å². The summed E-state index contributed by atoms with van der Waals surface area (Å²) in [5.41, 5.74) is 2.21. The molecule has 0 aliphatic rings. The lowest BCUT2D eigenvalue weighted by Gasteiger charge is -2.12. The highest BCUT2D eigenvalue weighted by atomic mass is 79.9. The lowest BCUT2D eigenvalue weighted by molar-refractivity contribution is 0.919. The van der Waals surface area contributed by atoms with Gasteiger partial charge in [-0.3, -0.25) is 9.36 Å². The third-order valence-electron chi connectivity index (χ3n) is 2.77. The molecule has 0 N–H and O–H groups in total. The Bertz CT molecular complexity index is 711. The Morgan fingerprint density at radius 3 is 2.61 bits per heavy atom. The van der Waals surface area contributed by atoms with Gasteiger partial charge in [-0.25, -0.2) is 0 Å². The molecule has 0 radical (unpaired) electrons. The summed E-state index contributed by atoms with van der Waals surface area (Å²) in [5.74, 6) is 0. The average molecular weight is 303 g/mol. The number of aromatic nitrogens is 1. The van der Waals surface area contributed by atoms with Crippen LogP contribution in [0.3, 0.4) is 0 Å². The molecule has 0 unspecified atom stereocenters. The Morgan fingerprint density at radius 2 is 2.00 bits per heavy atom. The summed E-state index contributed by atoms with van der Waals surface area (Å²) in [6, 6.07) is 11.3. The van der Waals surface area contributed by atoms with E-state index in [0.717, 1.165) is 15.9 Å². The Kier molecular flexibility index (Phi) is 3.35. The van der Waals surface area contributed by atoms with E-state index in [0.29, 0.717) is 5.56 Å². The highest BCUT2D eigenvalue weighted by Gasteiger charge is 2.11. The number of pyridine rings is 1. The molecule has 0 spiro atoms. The van der Waals surface area contributed by atoms with E-state index in [-0.39, 0.29) is 11.1 Å². The second-order valence-corrected chi connectivity index (χ2v) is 4.99. The molecule has 0 bridgehead atoms. The van der Waals surface area contributed by atoms with Crippen molar-refractivity contribution in [3.63, 3.8) is 0 Å². The van der Waals surface area contributed by atoms with Crippen molar-refractivity contribution in [1.82, 2.24) is 4.57 Å². The summed E-state index contributed by atoms with van der Waals surface area (Å²) >= 11 is 3.38. The predicted molar refractivity (Wildman–Crippen MR) is 73.9 cm³/mol. The van der Waals surface area contributed by atoms with Crippen molar-refractivity contribution >= 4 is 15.9 Å². The smallest absolute Gasteiger partial charge is 0.273 e. The number of hydrogen-bond donors (Lipinski definition) is 0. The molecule has 18 heavy (non-hydrogen) atoms. The molecule has 4 heteroatoms. The van der Waals surface area contributed by atoms with Crippen LogP contribution in [0.15, 0.2) is 39.6 Å². The maximum Gasteiger partial charge on any atom is 0.273 e. The van der Waals surface area contributed by atoms with Crippen molar-refractivity contribution in [2.75, 3.05) is 0 Å². The van der Waals surface area contributed by atoms with Crippen LogP contribution in [0.5, 0.6) is 0 Å². The average Bonchev–Trinajstić information content (AvgIpc) is 2.28. The van der Waals surface area contributed by atoms with Crippen LogP contribution in [0, 0.1) is 25.2 Å². The van der Waals surface area contributed by atoms with Gasteiger partial charge in [0.25, 0.3) is 5.56 Å². The van der Waals surface area contributed by atoms with Gasteiger partial charge in [0, 0.05) is 10.2 Å². The molecule has 1 aromatic heterocycles. The fraction of sp³-hybridized carbons (Fsp3) is 0.143. The number of aryl methyl sites for hydroxylation is 2. The molecule has 1 aromatic carbocycles. The third-order valence-corrected chi connectivity index (χ3v) is 3.26. The number of hydrogen-bond acceptors (Lipinski definition) is 2. The van der Waals surface area contributed by atoms with Crippen LogP contribution < -0.4 is 5.56 Å². The van der Waals surface area contributed by atoms with Gasteiger partial charge in [-0.2, -0.15) is 5.26 Å². The molecule has 0 aliphatic carbocycles. The first kappa shape index (κ1) is 12.6. The Morgan fingerprint density at radius 1 is 1.28 bits per heavy atom. The van der Waals surface area contributed by atoms with E-state index in [9.17, 15) is 4.79 Å². The fourth-order valence-corrected chi connectivity index (χ4v) is 2.35. The van der Waals surface area contributed by atoms with E-state index in [4.69, 9.17) is 5.26 Å². The van der Waals surface area contributed by atoms with E-state index in [1.807, 2.05) is 43.3 Å². The van der Waals surface area contributed by atoms with Gasteiger partial charge in [-0.1, -0.05) is 22.0 Å². The SMILES string of the molecule is Cc1cc(C)n(-c2cccc(Br)c2)c(=O)c1C#N. The van der Waals surface area contributed by atoms with Crippen LogP contribution >= 0.6 is 15.9 Å². The van der Waals surface area contributed by atoms with Gasteiger partial charge in [0.15, 0.2) is 0 Å². The van der Waals surface area contributed by atoms with Gasteiger partial charge < -0.3 is 0 Å². The minimum Gasteiger partial charge on any atom is -0.280 e. The summed E-state index contributed by atoms with van der Waals surface area (Å²) < 4.78 is 2.45.